The number of quaternary nitrogens is 1. The Labute approximate surface area is 103 Å². The highest BCUT2D eigenvalue weighted by atomic mass is 32.3. The summed E-state index contributed by atoms with van der Waals surface area (Å²) in [4.78, 5) is 11.0. The van der Waals surface area contributed by atoms with Crippen LogP contribution in [0.15, 0.2) is 12.2 Å². The molecular weight excluding hydrogens is 246 g/mol. The van der Waals surface area contributed by atoms with Gasteiger partial charge in [0.15, 0.2) is 5.78 Å². The van der Waals surface area contributed by atoms with Gasteiger partial charge in [0.2, 0.25) is 10.4 Å². The Bertz CT molecular complexity index is 340. The van der Waals surface area contributed by atoms with E-state index in [1.165, 1.54) is 0 Å². The van der Waals surface area contributed by atoms with Crippen molar-refractivity contribution in [3.63, 3.8) is 0 Å². The smallest absolute Gasteiger partial charge is 0.217 e. The summed E-state index contributed by atoms with van der Waals surface area (Å²) in [6, 6.07) is 0. The molecule has 0 amide bonds. The minimum absolute atomic E-state index is 0.223. The summed E-state index contributed by atoms with van der Waals surface area (Å²) >= 11 is 0. The number of hydrogen-bond acceptors (Lipinski definition) is 5. The van der Waals surface area contributed by atoms with E-state index in [-0.39, 0.29) is 5.78 Å². The van der Waals surface area contributed by atoms with E-state index in [4.69, 9.17) is 0 Å². The van der Waals surface area contributed by atoms with Crippen LogP contribution in [0, 0.1) is 0 Å². The third-order valence-electron chi connectivity index (χ3n) is 1.59. The number of nitrogens with zero attached hydrogens (tertiary/aromatic N) is 1. The molecule has 0 bridgehead atoms. The molecule has 0 aromatic heterocycles. The Balaban J connectivity index is 0. The first-order valence-electron chi connectivity index (χ1n) is 4.99. The van der Waals surface area contributed by atoms with Crippen molar-refractivity contribution in [1.29, 1.82) is 0 Å². The Morgan fingerprint density at radius 3 is 2.00 bits per heavy atom. The number of allylic oxidation sites excluding steroid dienone is 2. The molecule has 0 aliphatic heterocycles. The topological polar surface area (TPSA) is 83.5 Å². The number of hydrogen-bond donors (Lipinski definition) is 0. The lowest BCUT2D eigenvalue weighted by molar-refractivity contribution is -0.869. The van der Waals surface area contributed by atoms with Gasteiger partial charge in [-0.1, -0.05) is 6.08 Å². The quantitative estimate of drug-likeness (QED) is 0.310. The average molecular weight is 267 g/mol. The molecule has 0 fully saturated rings. The zero-order valence-electron chi connectivity index (χ0n) is 11.0. The van der Waals surface area contributed by atoms with Crippen LogP contribution in [-0.4, -0.2) is 58.0 Å². The van der Waals surface area contributed by atoms with Crippen LogP contribution in [0.2, 0.25) is 0 Å². The second kappa shape index (κ2) is 8.35. The van der Waals surface area contributed by atoms with Gasteiger partial charge >= 0.3 is 0 Å². The predicted octanol–water partition coefficient (Wildman–Crippen LogP) is 0.321. The first-order chi connectivity index (χ1) is 7.52. The van der Waals surface area contributed by atoms with Crippen molar-refractivity contribution >= 4 is 16.2 Å². The second-order valence-electron chi connectivity index (χ2n) is 4.31. The van der Waals surface area contributed by atoms with Crippen LogP contribution in [0.5, 0.6) is 0 Å². The van der Waals surface area contributed by atoms with Gasteiger partial charge in [-0.25, -0.2) is 8.42 Å². The van der Waals surface area contributed by atoms with E-state index in [0.717, 1.165) is 18.1 Å². The van der Waals surface area contributed by atoms with Crippen LogP contribution in [-0.2, 0) is 19.4 Å². The van der Waals surface area contributed by atoms with Gasteiger partial charge in [0.25, 0.3) is 0 Å². The second-order valence-corrected chi connectivity index (χ2v) is 5.45. The first-order valence-corrected chi connectivity index (χ1v) is 6.32. The molecule has 17 heavy (non-hydrogen) atoms. The normalized spacial score (nSPS) is 12.1. The lowest BCUT2D eigenvalue weighted by Gasteiger charge is -2.22. The van der Waals surface area contributed by atoms with Crippen LogP contribution in [0.4, 0.5) is 0 Å². The predicted molar refractivity (Wildman–Crippen MR) is 64.0 cm³/mol. The summed E-state index contributed by atoms with van der Waals surface area (Å²) < 4.78 is 31.9. The SMILES string of the molecule is CC=CC(=O)CC[N+](C)(C)C.COS(=O)(=O)[O-]. The summed E-state index contributed by atoms with van der Waals surface area (Å²) in [6.07, 6.45) is 4.07. The van der Waals surface area contributed by atoms with Crippen LogP contribution in [0.1, 0.15) is 13.3 Å². The monoisotopic (exact) mass is 267 g/mol. The summed E-state index contributed by atoms with van der Waals surface area (Å²) in [5, 5.41) is 0. The largest absolute Gasteiger partial charge is 0.726 e. The van der Waals surface area contributed by atoms with Gasteiger partial charge in [-0.2, -0.15) is 0 Å². The molecule has 0 aromatic rings. The van der Waals surface area contributed by atoms with Crippen LogP contribution < -0.4 is 0 Å². The zero-order valence-corrected chi connectivity index (χ0v) is 11.8. The summed E-state index contributed by atoms with van der Waals surface area (Å²) in [5.74, 6) is 0.223. The molecule has 0 saturated heterocycles. The van der Waals surface area contributed by atoms with Gasteiger partial charge in [0, 0.05) is 0 Å². The van der Waals surface area contributed by atoms with Crippen molar-refractivity contribution in [3.8, 4) is 0 Å². The minimum atomic E-state index is -4.41. The Kier molecular flexibility index (Phi) is 9.13. The Hall–Kier alpha value is -0.760. The molecule has 0 unspecified atom stereocenters. The lowest BCUT2D eigenvalue weighted by Crippen LogP contribution is -2.36. The molecule has 0 aromatic carbocycles. The van der Waals surface area contributed by atoms with E-state index in [1.54, 1.807) is 12.2 Å². The Morgan fingerprint density at radius 1 is 1.35 bits per heavy atom. The van der Waals surface area contributed by atoms with Gasteiger partial charge in [-0.05, 0) is 13.0 Å². The van der Waals surface area contributed by atoms with E-state index in [1.807, 2.05) is 6.92 Å². The van der Waals surface area contributed by atoms with Crippen molar-refractivity contribution in [1.82, 2.24) is 0 Å². The molecular formula is C10H21NO5S. The first kappa shape index (κ1) is 18.6. The third kappa shape index (κ3) is 21.1. The van der Waals surface area contributed by atoms with E-state index >= 15 is 0 Å². The van der Waals surface area contributed by atoms with Gasteiger partial charge in [-0.15, -0.1) is 0 Å². The number of carbonyl (C=O) groups is 1. The fourth-order valence-electron chi connectivity index (χ4n) is 0.715. The summed E-state index contributed by atoms with van der Waals surface area (Å²) in [7, 11) is 2.65. The third-order valence-corrected chi connectivity index (χ3v) is 1.99. The van der Waals surface area contributed by atoms with E-state index in [2.05, 4.69) is 25.3 Å². The molecule has 102 valence electrons. The number of ketones is 1. The molecule has 0 heterocycles. The van der Waals surface area contributed by atoms with E-state index < -0.39 is 10.4 Å². The molecule has 0 atom stereocenters. The molecule has 0 N–H and O–H groups in total. The maximum absolute atomic E-state index is 11.0. The molecule has 0 aliphatic rings. The molecule has 0 saturated carbocycles. The van der Waals surface area contributed by atoms with E-state index in [0.29, 0.717) is 6.42 Å². The number of rotatable bonds is 5. The van der Waals surface area contributed by atoms with Crippen LogP contribution in [0.3, 0.4) is 0 Å². The van der Waals surface area contributed by atoms with Crippen molar-refractivity contribution < 1.29 is 26.4 Å². The highest BCUT2D eigenvalue weighted by Crippen LogP contribution is 1.95. The summed E-state index contributed by atoms with van der Waals surface area (Å²) in [6.45, 7) is 2.77. The molecule has 0 spiro atoms. The van der Waals surface area contributed by atoms with Crippen molar-refractivity contribution in [2.45, 2.75) is 13.3 Å². The average Bonchev–Trinajstić information content (AvgIpc) is 2.14. The highest BCUT2D eigenvalue weighted by molar-refractivity contribution is 7.80. The van der Waals surface area contributed by atoms with Crippen LogP contribution >= 0.6 is 0 Å². The van der Waals surface area contributed by atoms with Crippen LogP contribution in [0.25, 0.3) is 0 Å². The van der Waals surface area contributed by atoms with Crippen molar-refractivity contribution in [3.05, 3.63) is 12.2 Å². The van der Waals surface area contributed by atoms with Crippen molar-refractivity contribution in [2.24, 2.45) is 0 Å². The van der Waals surface area contributed by atoms with Gasteiger partial charge in [0.05, 0.1) is 41.2 Å². The highest BCUT2D eigenvalue weighted by Gasteiger charge is 2.08. The molecule has 6 nitrogen and oxygen atoms in total. The lowest BCUT2D eigenvalue weighted by atomic mass is 10.2. The molecule has 0 rings (SSSR count). The Morgan fingerprint density at radius 2 is 1.76 bits per heavy atom. The fourth-order valence-corrected chi connectivity index (χ4v) is 0.715. The van der Waals surface area contributed by atoms with Gasteiger partial charge in [-0.3, -0.25) is 8.98 Å². The van der Waals surface area contributed by atoms with E-state index in [9.17, 15) is 17.8 Å². The molecule has 7 heteroatoms. The van der Waals surface area contributed by atoms with Gasteiger partial charge in [0.1, 0.15) is 0 Å². The molecule has 0 aliphatic carbocycles. The number of carbonyl (C=O) groups excluding carboxylic acids is 1. The minimum Gasteiger partial charge on any atom is -0.726 e. The maximum atomic E-state index is 11.0. The maximum Gasteiger partial charge on any atom is 0.217 e. The summed E-state index contributed by atoms with van der Waals surface area (Å²) in [5.41, 5.74) is 0. The molecule has 0 radical (unpaired) electrons. The standard InChI is InChI=1S/C9H18NO.CH4O4S/c1-5-6-9(11)7-8-10(2,3)4;1-5-6(2,3)4/h5-6H,7-8H2,1-4H3;1H3,(H,2,3,4)/q+1;/p-1. The van der Waals surface area contributed by atoms with Gasteiger partial charge < -0.3 is 9.04 Å². The van der Waals surface area contributed by atoms with Crippen molar-refractivity contribution in [2.75, 3.05) is 34.8 Å². The zero-order chi connectivity index (χ0) is 14.1. The fraction of sp³-hybridized carbons (Fsp3) is 0.700.